The van der Waals surface area contributed by atoms with Crippen LogP contribution in [-0.4, -0.2) is 43.2 Å². The van der Waals surface area contributed by atoms with E-state index >= 15 is 0 Å². The van der Waals surface area contributed by atoms with E-state index in [4.69, 9.17) is 19.3 Å². The van der Waals surface area contributed by atoms with Crippen LogP contribution >= 0.6 is 0 Å². The van der Waals surface area contributed by atoms with Gasteiger partial charge in [0.15, 0.2) is 11.5 Å². The predicted molar refractivity (Wildman–Crippen MR) is 145 cm³/mol. The lowest BCUT2D eigenvalue weighted by Crippen LogP contribution is -2.49. The van der Waals surface area contributed by atoms with Crippen molar-refractivity contribution >= 4 is 12.1 Å². The maximum Gasteiger partial charge on any atom is 0.271 e. The van der Waals surface area contributed by atoms with Gasteiger partial charge in [0.25, 0.3) is 5.91 Å². The van der Waals surface area contributed by atoms with Crippen LogP contribution in [-0.2, 0) is 5.41 Å². The van der Waals surface area contributed by atoms with Crippen molar-refractivity contribution in [1.82, 2.24) is 15.2 Å². The van der Waals surface area contributed by atoms with E-state index in [1.165, 1.54) is 59.9 Å². The van der Waals surface area contributed by atoms with Gasteiger partial charge in [-0.15, -0.1) is 0 Å². The van der Waals surface area contributed by atoms with Crippen molar-refractivity contribution in [2.75, 3.05) is 21.3 Å². The molecule has 1 amide bonds. The van der Waals surface area contributed by atoms with Crippen LogP contribution in [0, 0.1) is 17.8 Å². The van der Waals surface area contributed by atoms with Crippen LogP contribution in [0.3, 0.4) is 0 Å². The Hall–Kier alpha value is -3.81. The van der Waals surface area contributed by atoms with Crippen molar-refractivity contribution in [3.8, 4) is 22.9 Å². The molecule has 4 saturated carbocycles. The molecule has 1 N–H and O–H groups in total. The Kier molecular flexibility index (Phi) is 6.33. The van der Waals surface area contributed by atoms with Crippen LogP contribution < -0.4 is 19.6 Å². The molecule has 0 unspecified atom stereocenters. The lowest BCUT2D eigenvalue weighted by atomic mass is 9.48. The number of carbonyl (C=O) groups excluding carboxylic acids is 1. The molecule has 198 valence electrons. The van der Waals surface area contributed by atoms with E-state index in [-0.39, 0.29) is 11.3 Å². The van der Waals surface area contributed by atoms with Crippen LogP contribution in [0.1, 0.15) is 60.1 Å². The van der Waals surface area contributed by atoms with E-state index in [0.29, 0.717) is 22.8 Å². The lowest BCUT2D eigenvalue weighted by molar-refractivity contribution is -0.00739. The van der Waals surface area contributed by atoms with Crippen molar-refractivity contribution in [3.63, 3.8) is 0 Å². The van der Waals surface area contributed by atoms with E-state index < -0.39 is 0 Å². The maximum absolute atomic E-state index is 13.0. The van der Waals surface area contributed by atoms with Gasteiger partial charge in [0, 0.05) is 22.7 Å². The number of benzene rings is 2. The Morgan fingerprint density at radius 1 is 0.974 bits per heavy atom. The second kappa shape index (κ2) is 9.82. The minimum absolute atomic E-state index is 0.0941. The van der Waals surface area contributed by atoms with Crippen molar-refractivity contribution < 1.29 is 19.0 Å². The summed E-state index contributed by atoms with van der Waals surface area (Å²) in [6, 6.07) is 13.4. The van der Waals surface area contributed by atoms with E-state index in [1.54, 1.807) is 18.3 Å². The quantitative estimate of drug-likeness (QED) is 0.333. The molecule has 4 bridgehead atoms. The van der Waals surface area contributed by atoms with E-state index in [1.807, 2.05) is 29.1 Å². The molecule has 1 heterocycles. The molecule has 0 radical (unpaired) electrons. The number of methoxy groups -OCH3 is 3. The number of carbonyl (C=O) groups is 1. The molecule has 0 atom stereocenters. The number of nitrogens with one attached hydrogen (secondary N) is 1. The molecule has 4 fully saturated rings. The third-order valence-corrected chi connectivity index (χ3v) is 8.60. The average Bonchev–Trinajstić information content (AvgIpc) is 3.37. The van der Waals surface area contributed by atoms with E-state index in [0.717, 1.165) is 34.7 Å². The number of nitrogens with zero attached hydrogens (tertiary/aromatic N) is 3. The van der Waals surface area contributed by atoms with Crippen LogP contribution in [0.25, 0.3) is 5.69 Å². The minimum atomic E-state index is -0.368. The molecular weight excluding hydrogens is 480 g/mol. The normalized spacial score (nSPS) is 25.5. The first-order valence-electron chi connectivity index (χ1n) is 13.3. The molecule has 0 spiro atoms. The fourth-order valence-corrected chi connectivity index (χ4v) is 7.44. The second-order valence-corrected chi connectivity index (χ2v) is 11.0. The Morgan fingerprint density at radius 2 is 1.58 bits per heavy atom. The highest BCUT2D eigenvalue weighted by Gasteiger charge is 2.53. The first-order chi connectivity index (χ1) is 18.5. The fraction of sp³-hybridized carbons (Fsp3) is 0.433. The summed E-state index contributed by atoms with van der Waals surface area (Å²) in [5.41, 5.74) is 6.22. The topological polar surface area (TPSA) is 87.0 Å². The van der Waals surface area contributed by atoms with Gasteiger partial charge in [-0.25, -0.2) is 10.1 Å². The molecule has 0 aliphatic heterocycles. The van der Waals surface area contributed by atoms with Gasteiger partial charge < -0.3 is 14.2 Å². The Labute approximate surface area is 223 Å². The number of ether oxygens (including phenoxy) is 3. The summed E-state index contributed by atoms with van der Waals surface area (Å²) in [6.07, 6.45) is 11.5. The summed E-state index contributed by atoms with van der Waals surface area (Å²) in [6.45, 7) is 0. The SMILES string of the molecule is COc1cc(C(=O)N/N=C\c2cn(-c3ccccc3)nc2C23CC4CC(CC(C4)C2)C3)cc(OC)c1OC. The summed E-state index contributed by atoms with van der Waals surface area (Å²) in [7, 11) is 4.57. The van der Waals surface area contributed by atoms with Crippen molar-refractivity contribution in [3.05, 3.63) is 65.5 Å². The highest BCUT2D eigenvalue weighted by atomic mass is 16.5. The van der Waals surface area contributed by atoms with Gasteiger partial charge in [-0.05, 0) is 80.5 Å². The molecule has 38 heavy (non-hydrogen) atoms. The number of aromatic nitrogens is 2. The summed E-state index contributed by atoms with van der Waals surface area (Å²) in [4.78, 5) is 13.0. The number of amides is 1. The predicted octanol–water partition coefficient (Wildman–Crippen LogP) is 5.13. The van der Waals surface area contributed by atoms with Crippen LogP contribution in [0.2, 0.25) is 0 Å². The van der Waals surface area contributed by atoms with Gasteiger partial charge in [0.05, 0.1) is 38.9 Å². The standard InChI is InChI=1S/C30H34N4O4/c1-36-25-12-22(13-26(37-2)27(25)38-3)29(35)32-31-17-23-18-34(24-7-5-4-6-8-24)33-28(23)30-14-19-9-20(15-30)11-21(10-19)16-30/h4-8,12-13,17-21H,9-11,14-16H2,1-3H3,(H,32,35)/b31-17-. The Bertz CT molecular complexity index is 1300. The molecule has 1 aromatic heterocycles. The van der Waals surface area contributed by atoms with Gasteiger partial charge in [0.1, 0.15) is 0 Å². The zero-order valence-corrected chi connectivity index (χ0v) is 22.1. The number of hydrogen-bond donors (Lipinski definition) is 1. The number of para-hydroxylation sites is 1. The largest absolute Gasteiger partial charge is 0.493 e. The third-order valence-electron chi connectivity index (χ3n) is 8.60. The van der Waals surface area contributed by atoms with Gasteiger partial charge in [0.2, 0.25) is 5.75 Å². The molecule has 2 aromatic carbocycles. The number of rotatable bonds is 8. The van der Waals surface area contributed by atoms with E-state index in [2.05, 4.69) is 22.7 Å². The molecule has 7 rings (SSSR count). The molecule has 8 nitrogen and oxygen atoms in total. The number of hydrogen-bond acceptors (Lipinski definition) is 6. The highest BCUT2D eigenvalue weighted by Crippen LogP contribution is 2.60. The van der Waals surface area contributed by atoms with Gasteiger partial charge in [-0.1, -0.05) is 18.2 Å². The lowest BCUT2D eigenvalue weighted by Gasteiger charge is -2.56. The van der Waals surface area contributed by atoms with Crippen molar-refractivity contribution in [2.24, 2.45) is 22.9 Å². The summed E-state index contributed by atoms with van der Waals surface area (Å²) < 4.78 is 18.1. The molecule has 0 saturated heterocycles. The van der Waals surface area contributed by atoms with Gasteiger partial charge in [-0.3, -0.25) is 4.79 Å². The molecule has 4 aliphatic rings. The summed E-state index contributed by atoms with van der Waals surface area (Å²) >= 11 is 0. The molecular formula is C30H34N4O4. The van der Waals surface area contributed by atoms with Crippen LogP contribution in [0.15, 0.2) is 53.8 Å². The van der Waals surface area contributed by atoms with Crippen molar-refractivity contribution in [1.29, 1.82) is 0 Å². The smallest absolute Gasteiger partial charge is 0.271 e. The van der Waals surface area contributed by atoms with Crippen LogP contribution in [0.5, 0.6) is 17.2 Å². The highest BCUT2D eigenvalue weighted by molar-refractivity contribution is 5.96. The zero-order valence-electron chi connectivity index (χ0n) is 22.1. The second-order valence-electron chi connectivity index (χ2n) is 11.0. The van der Waals surface area contributed by atoms with Crippen molar-refractivity contribution in [2.45, 2.75) is 43.9 Å². The van der Waals surface area contributed by atoms with Gasteiger partial charge in [-0.2, -0.15) is 10.2 Å². The Morgan fingerprint density at radius 3 is 2.13 bits per heavy atom. The Balaban J connectivity index is 1.30. The minimum Gasteiger partial charge on any atom is -0.493 e. The van der Waals surface area contributed by atoms with Gasteiger partial charge >= 0.3 is 0 Å². The average molecular weight is 515 g/mol. The first-order valence-corrected chi connectivity index (χ1v) is 13.3. The molecule has 4 aliphatic carbocycles. The molecule has 8 heteroatoms. The van der Waals surface area contributed by atoms with E-state index in [9.17, 15) is 4.79 Å². The maximum atomic E-state index is 13.0. The van der Waals surface area contributed by atoms with Crippen LogP contribution in [0.4, 0.5) is 0 Å². The first kappa shape index (κ1) is 24.5. The number of hydrazone groups is 1. The molecule has 3 aromatic rings. The summed E-state index contributed by atoms with van der Waals surface area (Å²) in [5, 5.41) is 9.53. The summed E-state index contributed by atoms with van der Waals surface area (Å²) in [5.74, 6) is 3.28. The fourth-order valence-electron chi connectivity index (χ4n) is 7.44. The third kappa shape index (κ3) is 4.31. The zero-order chi connectivity index (χ0) is 26.3. The monoisotopic (exact) mass is 514 g/mol.